The molecule has 2 unspecified atom stereocenters. The number of amides is 1. The van der Waals surface area contributed by atoms with Crippen LogP contribution in [-0.2, 0) is 16.0 Å². The van der Waals surface area contributed by atoms with Crippen LogP contribution in [-0.4, -0.2) is 38.8 Å². The molecule has 1 amide bonds. The summed E-state index contributed by atoms with van der Waals surface area (Å²) in [5, 5.41) is 2.95. The van der Waals surface area contributed by atoms with Crippen LogP contribution >= 0.6 is 0 Å². The van der Waals surface area contributed by atoms with E-state index in [2.05, 4.69) is 5.32 Å². The van der Waals surface area contributed by atoms with Crippen molar-refractivity contribution in [3.63, 3.8) is 0 Å². The largest absolute Gasteiger partial charge is 0.496 e. The van der Waals surface area contributed by atoms with E-state index >= 15 is 0 Å². The number of benzene rings is 1. The molecule has 27 heavy (non-hydrogen) atoms. The number of ether oxygens (including phenoxy) is 2. The molecular formula is C22H38N2O3. The minimum atomic E-state index is -0.584. The van der Waals surface area contributed by atoms with Crippen LogP contribution in [0, 0.1) is 5.92 Å². The van der Waals surface area contributed by atoms with Gasteiger partial charge in [-0.15, -0.1) is 0 Å². The molecule has 5 heteroatoms. The lowest BCUT2D eigenvalue weighted by Gasteiger charge is -2.28. The molecule has 0 bridgehead atoms. The van der Waals surface area contributed by atoms with Crippen LogP contribution in [0.25, 0.3) is 0 Å². The molecule has 0 aromatic heterocycles. The van der Waals surface area contributed by atoms with Crippen molar-refractivity contribution < 1.29 is 14.3 Å². The molecule has 0 aliphatic heterocycles. The monoisotopic (exact) mass is 378 g/mol. The number of hydrogen-bond donors (Lipinski definition) is 2. The first kappa shape index (κ1) is 23.4. The number of para-hydroxylation sites is 1. The van der Waals surface area contributed by atoms with E-state index in [1.807, 2.05) is 38.1 Å². The Morgan fingerprint density at radius 3 is 2.48 bits per heavy atom. The Morgan fingerprint density at radius 1 is 1.19 bits per heavy atom. The maximum absolute atomic E-state index is 12.5. The second-order valence-corrected chi connectivity index (χ2v) is 6.91. The number of nitrogens with one attached hydrogen (secondary N) is 1. The molecule has 0 heterocycles. The molecule has 1 aliphatic carbocycles. The summed E-state index contributed by atoms with van der Waals surface area (Å²) in [7, 11) is 3.22. The maximum Gasteiger partial charge on any atom is 0.250 e. The van der Waals surface area contributed by atoms with Gasteiger partial charge in [-0.1, -0.05) is 64.2 Å². The molecule has 2 atom stereocenters. The van der Waals surface area contributed by atoms with E-state index in [1.54, 1.807) is 14.2 Å². The van der Waals surface area contributed by atoms with Crippen molar-refractivity contribution in [1.29, 1.82) is 0 Å². The van der Waals surface area contributed by atoms with Gasteiger partial charge in [0.1, 0.15) is 5.75 Å². The van der Waals surface area contributed by atoms with E-state index in [-0.39, 0.29) is 11.9 Å². The minimum absolute atomic E-state index is 0.124. The van der Waals surface area contributed by atoms with Gasteiger partial charge in [-0.2, -0.15) is 0 Å². The summed E-state index contributed by atoms with van der Waals surface area (Å²) in [5.41, 5.74) is 7.36. The van der Waals surface area contributed by atoms with Gasteiger partial charge in [0, 0.05) is 19.7 Å². The average Bonchev–Trinajstić information content (AvgIpc) is 2.71. The lowest BCUT2D eigenvalue weighted by molar-refractivity contribution is -0.132. The van der Waals surface area contributed by atoms with Crippen LogP contribution in [0.2, 0.25) is 0 Å². The molecule has 154 valence electrons. The first-order valence-corrected chi connectivity index (χ1v) is 10.3. The van der Waals surface area contributed by atoms with Crippen molar-refractivity contribution in [2.24, 2.45) is 11.7 Å². The summed E-state index contributed by atoms with van der Waals surface area (Å²) >= 11 is 0. The van der Waals surface area contributed by atoms with Gasteiger partial charge in [0.15, 0.2) is 6.10 Å². The van der Waals surface area contributed by atoms with E-state index in [0.717, 1.165) is 17.7 Å². The van der Waals surface area contributed by atoms with E-state index < -0.39 is 6.10 Å². The third-order valence-corrected chi connectivity index (χ3v) is 5.12. The third kappa shape index (κ3) is 7.89. The van der Waals surface area contributed by atoms with Crippen molar-refractivity contribution in [2.45, 2.75) is 70.9 Å². The van der Waals surface area contributed by atoms with Crippen LogP contribution < -0.4 is 15.8 Å². The Balaban J connectivity index is 0.00000176. The molecule has 1 aliphatic rings. The molecule has 1 aromatic carbocycles. The van der Waals surface area contributed by atoms with Crippen molar-refractivity contribution in [3.8, 4) is 5.75 Å². The average molecular weight is 379 g/mol. The first-order valence-electron chi connectivity index (χ1n) is 10.3. The number of carbonyl (C=O) groups excluding carboxylic acids is 1. The van der Waals surface area contributed by atoms with Gasteiger partial charge in [-0.05, 0) is 30.4 Å². The Hall–Kier alpha value is -1.59. The number of methoxy groups -OCH3 is 2. The van der Waals surface area contributed by atoms with Crippen molar-refractivity contribution in [2.75, 3.05) is 20.8 Å². The minimum Gasteiger partial charge on any atom is -0.496 e. The Morgan fingerprint density at radius 2 is 1.85 bits per heavy atom. The highest BCUT2D eigenvalue weighted by atomic mass is 16.5. The summed E-state index contributed by atoms with van der Waals surface area (Å²) in [4.78, 5) is 12.5. The number of nitrogens with two attached hydrogens (primary N) is 1. The van der Waals surface area contributed by atoms with Gasteiger partial charge in [-0.25, -0.2) is 0 Å². The quantitative estimate of drug-likeness (QED) is 0.687. The van der Waals surface area contributed by atoms with Gasteiger partial charge in [0.2, 0.25) is 0 Å². The molecule has 0 saturated heterocycles. The smallest absolute Gasteiger partial charge is 0.250 e. The number of hydrogen-bond acceptors (Lipinski definition) is 4. The fourth-order valence-electron chi connectivity index (χ4n) is 3.74. The molecule has 5 nitrogen and oxygen atoms in total. The summed E-state index contributed by atoms with van der Waals surface area (Å²) in [6.45, 7) is 4.54. The van der Waals surface area contributed by atoms with E-state index in [9.17, 15) is 4.79 Å². The predicted molar refractivity (Wildman–Crippen MR) is 111 cm³/mol. The zero-order valence-electron chi connectivity index (χ0n) is 17.5. The highest BCUT2D eigenvalue weighted by Gasteiger charge is 2.28. The molecular weight excluding hydrogens is 340 g/mol. The maximum atomic E-state index is 12.5. The normalized spacial score (nSPS) is 16.6. The van der Waals surface area contributed by atoms with Gasteiger partial charge in [0.25, 0.3) is 5.91 Å². The Bertz CT molecular complexity index is 530. The lowest BCUT2D eigenvalue weighted by atomic mass is 9.84. The second-order valence-electron chi connectivity index (χ2n) is 6.91. The van der Waals surface area contributed by atoms with Crippen molar-refractivity contribution in [3.05, 3.63) is 29.8 Å². The molecule has 0 spiro atoms. The molecule has 1 fully saturated rings. The van der Waals surface area contributed by atoms with Crippen LogP contribution in [0.3, 0.4) is 0 Å². The molecule has 2 rings (SSSR count). The lowest BCUT2D eigenvalue weighted by Crippen LogP contribution is -2.48. The topological polar surface area (TPSA) is 73.6 Å². The zero-order valence-corrected chi connectivity index (χ0v) is 17.5. The molecule has 3 N–H and O–H groups in total. The fraction of sp³-hybridized carbons (Fsp3) is 0.682. The van der Waals surface area contributed by atoms with E-state index in [4.69, 9.17) is 15.2 Å². The molecule has 1 saturated carbocycles. The van der Waals surface area contributed by atoms with Crippen LogP contribution in [0.4, 0.5) is 0 Å². The zero-order chi connectivity index (χ0) is 20.1. The number of rotatable bonds is 9. The highest BCUT2D eigenvalue weighted by Crippen LogP contribution is 2.27. The van der Waals surface area contributed by atoms with Gasteiger partial charge in [-0.3, -0.25) is 4.79 Å². The number of carbonyl (C=O) groups is 1. The van der Waals surface area contributed by atoms with Crippen LogP contribution in [0.15, 0.2) is 24.3 Å². The van der Waals surface area contributed by atoms with Gasteiger partial charge >= 0.3 is 0 Å². The van der Waals surface area contributed by atoms with Crippen molar-refractivity contribution in [1.82, 2.24) is 5.32 Å². The standard InChI is InChI=1S/C20H32N2O3.C2H6/c1-24-18-11-7-6-10-16(18)12-13-22-20(23)19(25-2)17(21)14-15-8-4-3-5-9-15;1-2/h6-7,10-11,15,17,19H,3-5,8-9,12-14,21H2,1-2H3,(H,22,23);1-2H3. The summed E-state index contributed by atoms with van der Waals surface area (Å²) in [6.07, 6.45) is 7.31. The SMILES string of the molecule is CC.COc1ccccc1CCNC(=O)C(OC)C(N)CC1CCCCC1. The van der Waals surface area contributed by atoms with Crippen LogP contribution in [0.5, 0.6) is 5.75 Å². The molecule has 1 aromatic rings. The highest BCUT2D eigenvalue weighted by molar-refractivity contribution is 5.81. The van der Waals surface area contributed by atoms with Gasteiger partial charge in [0.05, 0.1) is 7.11 Å². The summed E-state index contributed by atoms with van der Waals surface area (Å²) in [5.74, 6) is 1.34. The first-order chi connectivity index (χ1) is 13.2. The van der Waals surface area contributed by atoms with Crippen LogP contribution in [0.1, 0.15) is 57.9 Å². The predicted octanol–water partition coefficient (Wildman–Crippen LogP) is 3.69. The molecule has 0 radical (unpaired) electrons. The third-order valence-electron chi connectivity index (χ3n) is 5.12. The summed E-state index contributed by atoms with van der Waals surface area (Å²) < 4.78 is 10.7. The fourth-order valence-corrected chi connectivity index (χ4v) is 3.74. The summed E-state index contributed by atoms with van der Waals surface area (Å²) in [6, 6.07) is 7.59. The Kier molecular flexibility index (Phi) is 11.8. The van der Waals surface area contributed by atoms with Crippen molar-refractivity contribution >= 4 is 5.91 Å². The van der Waals surface area contributed by atoms with E-state index in [1.165, 1.54) is 32.1 Å². The Labute approximate surface area is 165 Å². The van der Waals surface area contributed by atoms with Gasteiger partial charge < -0.3 is 20.5 Å². The van der Waals surface area contributed by atoms with E-state index in [0.29, 0.717) is 18.9 Å². The second kappa shape index (κ2) is 13.6.